The van der Waals surface area contributed by atoms with Gasteiger partial charge < -0.3 is 4.42 Å². The van der Waals surface area contributed by atoms with E-state index in [2.05, 4.69) is 39.9 Å². The lowest BCUT2D eigenvalue weighted by molar-refractivity contribution is 0.185. The van der Waals surface area contributed by atoms with Gasteiger partial charge in [0.25, 0.3) is 0 Å². The first-order chi connectivity index (χ1) is 14.8. The van der Waals surface area contributed by atoms with Gasteiger partial charge in [0.1, 0.15) is 5.52 Å². The molecule has 1 saturated heterocycles. The molecular formula is C25H26N4O. The van der Waals surface area contributed by atoms with Crippen LogP contribution in [0.3, 0.4) is 0 Å². The van der Waals surface area contributed by atoms with Crippen molar-refractivity contribution < 1.29 is 4.42 Å². The van der Waals surface area contributed by atoms with Crippen molar-refractivity contribution in [1.29, 1.82) is 0 Å². The average molecular weight is 399 g/mol. The summed E-state index contributed by atoms with van der Waals surface area (Å²) >= 11 is 0. The van der Waals surface area contributed by atoms with Crippen LogP contribution >= 0.6 is 0 Å². The van der Waals surface area contributed by atoms with Gasteiger partial charge in [0.05, 0.1) is 11.4 Å². The van der Waals surface area contributed by atoms with Crippen molar-refractivity contribution in [2.24, 2.45) is 0 Å². The SMILES string of the molecule is c1ccc(-n2nc(CN3CCCC(c4nc5ccccc5o4)C3)c3c2CCC3)cc1. The third-order valence-corrected chi connectivity index (χ3v) is 6.55. The summed E-state index contributed by atoms with van der Waals surface area (Å²) in [6, 6.07) is 18.6. The predicted octanol–water partition coefficient (Wildman–Crippen LogP) is 4.88. The van der Waals surface area contributed by atoms with E-state index in [1.807, 2.05) is 24.3 Å². The van der Waals surface area contributed by atoms with Crippen LogP contribution < -0.4 is 0 Å². The van der Waals surface area contributed by atoms with E-state index < -0.39 is 0 Å². The van der Waals surface area contributed by atoms with E-state index in [9.17, 15) is 0 Å². The maximum Gasteiger partial charge on any atom is 0.199 e. The van der Waals surface area contributed by atoms with Crippen molar-refractivity contribution in [2.45, 2.75) is 44.6 Å². The Hall–Kier alpha value is -2.92. The summed E-state index contributed by atoms with van der Waals surface area (Å²) in [4.78, 5) is 7.31. The molecule has 3 heterocycles. The molecule has 1 atom stereocenters. The van der Waals surface area contributed by atoms with E-state index in [-0.39, 0.29) is 0 Å². The molecule has 0 radical (unpaired) electrons. The molecule has 152 valence electrons. The zero-order valence-electron chi connectivity index (χ0n) is 17.1. The number of nitrogens with zero attached hydrogens (tertiary/aromatic N) is 4. The largest absolute Gasteiger partial charge is 0.440 e. The van der Waals surface area contributed by atoms with Crippen LogP contribution in [0.2, 0.25) is 0 Å². The first-order valence-electron chi connectivity index (χ1n) is 11.1. The highest BCUT2D eigenvalue weighted by atomic mass is 16.3. The lowest BCUT2D eigenvalue weighted by atomic mass is 9.97. The summed E-state index contributed by atoms with van der Waals surface area (Å²) in [5.41, 5.74) is 7.16. The molecule has 0 bridgehead atoms. The Kier molecular flexibility index (Phi) is 4.42. The fourth-order valence-corrected chi connectivity index (χ4v) is 5.10. The minimum Gasteiger partial charge on any atom is -0.440 e. The van der Waals surface area contributed by atoms with Crippen LogP contribution in [0.4, 0.5) is 0 Å². The highest BCUT2D eigenvalue weighted by Gasteiger charge is 2.29. The molecule has 1 fully saturated rings. The smallest absolute Gasteiger partial charge is 0.199 e. The number of likely N-dealkylation sites (tertiary alicyclic amines) is 1. The fraction of sp³-hybridized carbons (Fsp3) is 0.360. The zero-order valence-corrected chi connectivity index (χ0v) is 17.1. The summed E-state index contributed by atoms with van der Waals surface area (Å²) in [5.74, 6) is 1.25. The second kappa shape index (κ2) is 7.40. The lowest BCUT2D eigenvalue weighted by Gasteiger charge is -2.30. The predicted molar refractivity (Wildman–Crippen MR) is 117 cm³/mol. The molecule has 0 amide bonds. The molecule has 0 spiro atoms. The Balaban J connectivity index is 1.25. The monoisotopic (exact) mass is 398 g/mol. The third-order valence-electron chi connectivity index (χ3n) is 6.55. The Morgan fingerprint density at radius 3 is 2.73 bits per heavy atom. The fourth-order valence-electron chi connectivity index (χ4n) is 5.10. The molecule has 6 rings (SSSR count). The van der Waals surface area contributed by atoms with Crippen molar-refractivity contribution in [3.63, 3.8) is 0 Å². The van der Waals surface area contributed by atoms with E-state index in [1.165, 1.54) is 35.5 Å². The highest BCUT2D eigenvalue weighted by molar-refractivity contribution is 5.72. The summed E-state index contributed by atoms with van der Waals surface area (Å²) < 4.78 is 8.26. The summed E-state index contributed by atoms with van der Waals surface area (Å²) in [7, 11) is 0. The molecule has 2 aliphatic rings. The van der Waals surface area contributed by atoms with Crippen LogP contribution in [0.1, 0.15) is 48.0 Å². The Bertz CT molecular complexity index is 1140. The number of hydrogen-bond acceptors (Lipinski definition) is 4. The number of oxazole rings is 1. The minimum atomic E-state index is 0.357. The van der Waals surface area contributed by atoms with E-state index >= 15 is 0 Å². The first kappa shape index (κ1) is 17.9. The second-order valence-electron chi connectivity index (χ2n) is 8.57. The first-order valence-corrected chi connectivity index (χ1v) is 11.1. The maximum atomic E-state index is 6.08. The molecular weight excluding hydrogens is 372 g/mol. The quantitative estimate of drug-likeness (QED) is 0.491. The van der Waals surface area contributed by atoms with Gasteiger partial charge in [-0.1, -0.05) is 30.3 Å². The number of piperidine rings is 1. The van der Waals surface area contributed by atoms with Crippen molar-refractivity contribution >= 4 is 11.1 Å². The molecule has 5 nitrogen and oxygen atoms in total. The standard InChI is InChI=1S/C25H26N4O/c1-2-9-19(10-3-1)29-23-13-6-11-20(23)22(27-29)17-28-15-7-8-18(16-28)25-26-21-12-4-5-14-24(21)30-25/h1-5,9-10,12,14,18H,6-8,11,13,15-17H2. The van der Waals surface area contributed by atoms with Crippen LogP contribution in [0.25, 0.3) is 16.8 Å². The van der Waals surface area contributed by atoms with Crippen LogP contribution in [0.5, 0.6) is 0 Å². The van der Waals surface area contributed by atoms with E-state index in [0.29, 0.717) is 5.92 Å². The van der Waals surface area contributed by atoms with Gasteiger partial charge in [0.2, 0.25) is 0 Å². The van der Waals surface area contributed by atoms with Gasteiger partial charge in [0, 0.05) is 24.7 Å². The van der Waals surface area contributed by atoms with Gasteiger partial charge in [-0.2, -0.15) is 5.10 Å². The minimum absolute atomic E-state index is 0.357. The van der Waals surface area contributed by atoms with Crippen LogP contribution in [-0.4, -0.2) is 32.8 Å². The van der Waals surface area contributed by atoms with Gasteiger partial charge in [-0.15, -0.1) is 0 Å². The molecule has 2 aromatic heterocycles. The molecule has 0 saturated carbocycles. The van der Waals surface area contributed by atoms with Gasteiger partial charge in [-0.05, 0) is 68.5 Å². The average Bonchev–Trinajstić information content (AvgIpc) is 3.51. The Morgan fingerprint density at radius 1 is 0.967 bits per heavy atom. The third kappa shape index (κ3) is 3.14. The maximum absolute atomic E-state index is 6.08. The molecule has 5 heteroatoms. The van der Waals surface area contributed by atoms with Gasteiger partial charge in [-0.3, -0.25) is 4.90 Å². The summed E-state index contributed by atoms with van der Waals surface area (Å²) in [5, 5.41) is 5.06. The number of para-hydroxylation sites is 3. The Morgan fingerprint density at radius 2 is 1.83 bits per heavy atom. The van der Waals surface area contributed by atoms with Crippen molar-refractivity contribution in [3.8, 4) is 5.69 Å². The number of rotatable bonds is 4. The number of benzene rings is 2. The number of aromatic nitrogens is 3. The van der Waals surface area contributed by atoms with Crippen molar-refractivity contribution in [3.05, 3.63) is 77.4 Å². The molecule has 4 aromatic rings. The van der Waals surface area contributed by atoms with Gasteiger partial charge in [-0.25, -0.2) is 9.67 Å². The van der Waals surface area contributed by atoms with Gasteiger partial charge >= 0.3 is 0 Å². The highest BCUT2D eigenvalue weighted by Crippen LogP contribution is 2.32. The van der Waals surface area contributed by atoms with Gasteiger partial charge in [0.15, 0.2) is 11.5 Å². The van der Waals surface area contributed by atoms with Crippen LogP contribution in [0.15, 0.2) is 59.0 Å². The molecule has 1 unspecified atom stereocenters. The molecule has 2 aromatic carbocycles. The molecule has 1 aliphatic carbocycles. The number of hydrogen-bond donors (Lipinski definition) is 0. The summed E-state index contributed by atoms with van der Waals surface area (Å²) in [6.07, 6.45) is 5.83. The van der Waals surface area contributed by atoms with E-state index in [1.54, 1.807) is 0 Å². The second-order valence-corrected chi connectivity index (χ2v) is 8.57. The van der Waals surface area contributed by atoms with E-state index in [4.69, 9.17) is 14.5 Å². The molecule has 30 heavy (non-hydrogen) atoms. The van der Waals surface area contributed by atoms with Crippen LogP contribution in [-0.2, 0) is 19.4 Å². The zero-order chi connectivity index (χ0) is 19.9. The topological polar surface area (TPSA) is 47.1 Å². The summed E-state index contributed by atoms with van der Waals surface area (Å²) in [6.45, 7) is 3.02. The molecule has 0 N–H and O–H groups in total. The van der Waals surface area contributed by atoms with Crippen LogP contribution in [0, 0.1) is 0 Å². The Labute approximate surface area is 176 Å². The van der Waals surface area contributed by atoms with E-state index in [0.717, 1.165) is 55.9 Å². The molecule has 1 aliphatic heterocycles. The number of fused-ring (bicyclic) bond motifs is 2. The lowest BCUT2D eigenvalue weighted by Crippen LogP contribution is -2.34. The normalized spacial score (nSPS) is 19.4. The van der Waals surface area contributed by atoms with Crippen molar-refractivity contribution in [2.75, 3.05) is 13.1 Å². The van der Waals surface area contributed by atoms with Crippen molar-refractivity contribution in [1.82, 2.24) is 19.7 Å².